The number of nitrogens with one attached hydrogen (secondary N) is 1. The number of sulfonamides is 1. The van der Waals surface area contributed by atoms with Gasteiger partial charge in [-0.1, -0.05) is 19.1 Å². The van der Waals surface area contributed by atoms with Gasteiger partial charge < -0.3 is 0 Å². The Hall–Kier alpha value is -0.100. The molecule has 3 nitrogen and oxygen atoms in total. The third-order valence-electron chi connectivity index (χ3n) is 2.32. The van der Waals surface area contributed by atoms with Crippen LogP contribution in [0.4, 0.5) is 0 Å². The fourth-order valence-electron chi connectivity index (χ4n) is 1.29. The minimum absolute atomic E-state index is 0.0110. The molecular formula is C11H15BrClNO2S. The van der Waals surface area contributed by atoms with Gasteiger partial charge in [0.15, 0.2) is 0 Å². The third-order valence-corrected chi connectivity index (χ3v) is 5.32. The van der Waals surface area contributed by atoms with E-state index < -0.39 is 10.0 Å². The largest absolute Gasteiger partial charge is 0.241 e. The molecule has 1 rings (SSSR count). The summed E-state index contributed by atoms with van der Waals surface area (Å²) in [4.78, 5) is 0.252. The number of hydrogen-bond donors (Lipinski definition) is 1. The van der Waals surface area contributed by atoms with Crippen LogP contribution in [0.5, 0.6) is 0 Å². The lowest BCUT2D eigenvalue weighted by Crippen LogP contribution is -2.26. The number of halogens is 2. The second kappa shape index (κ2) is 6.73. The van der Waals surface area contributed by atoms with Crippen molar-refractivity contribution in [1.82, 2.24) is 4.72 Å². The van der Waals surface area contributed by atoms with E-state index in [0.29, 0.717) is 17.4 Å². The lowest BCUT2D eigenvalue weighted by atomic mass is 10.2. The van der Waals surface area contributed by atoms with Crippen LogP contribution in [-0.2, 0) is 10.0 Å². The summed E-state index contributed by atoms with van der Waals surface area (Å²) >= 11 is 9.15. The van der Waals surface area contributed by atoms with Gasteiger partial charge in [-0.05, 0) is 40.9 Å². The maximum absolute atomic E-state index is 11.9. The van der Waals surface area contributed by atoms with Crippen molar-refractivity contribution < 1.29 is 8.42 Å². The molecule has 0 saturated carbocycles. The fourth-order valence-corrected chi connectivity index (χ4v) is 3.45. The zero-order valence-corrected chi connectivity index (χ0v) is 12.6. The van der Waals surface area contributed by atoms with Crippen LogP contribution in [-0.4, -0.2) is 20.3 Å². The molecule has 0 saturated heterocycles. The van der Waals surface area contributed by atoms with E-state index in [1.165, 1.54) is 0 Å². The lowest BCUT2D eigenvalue weighted by molar-refractivity contribution is 0.576. The van der Waals surface area contributed by atoms with Gasteiger partial charge in [-0.2, -0.15) is 0 Å². The molecule has 1 aromatic carbocycles. The minimum Gasteiger partial charge on any atom is -0.211 e. The topological polar surface area (TPSA) is 46.2 Å². The summed E-state index contributed by atoms with van der Waals surface area (Å²) in [5.74, 6) is 0. The van der Waals surface area contributed by atoms with E-state index in [-0.39, 0.29) is 10.3 Å². The molecule has 0 aliphatic rings. The van der Waals surface area contributed by atoms with Crippen molar-refractivity contribution in [2.45, 2.75) is 30.0 Å². The Bertz CT molecular complexity index is 464. The molecule has 0 bridgehead atoms. The van der Waals surface area contributed by atoms with Crippen LogP contribution in [0.3, 0.4) is 0 Å². The zero-order valence-electron chi connectivity index (χ0n) is 9.49. The molecule has 1 atom stereocenters. The van der Waals surface area contributed by atoms with Gasteiger partial charge in [0.2, 0.25) is 10.0 Å². The lowest BCUT2D eigenvalue weighted by Gasteiger charge is -2.09. The van der Waals surface area contributed by atoms with Gasteiger partial charge in [-0.3, -0.25) is 0 Å². The van der Waals surface area contributed by atoms with E-state index in [0.717, 1.165) is 6.42 Å². The second-order valence-corrected chi connectivity index (χ2v) is 6.83. The van der Waals surface area contributed by atoms with Crippen LogP contribution in [0, 0.1) is 0 Å². The second-order valence-electron chi connectivity index (χ2n) is 3.62. The highest BCUT2D eigenvalue weighted by Gasteiger charge is 2.16. The van der Waals surface area contributed by atoms with Crippen LogP contribution < -0.4 is 4.72 Å². The standard InChI is InChI=1S/C11H15BrClNO2S/c1-2-9(13)7-8-14-17(15,16)11-6-4-3-5-10(11)12/h3-6,9,14H,2,7-8H2,1H3. The first-order chi connectivity index (χ1) is 7.97. The van der Waals surface area contributed by atoms with Crippen LogP contribution in [0.2, 0.25) is 0 Å². The molecular weight excluding hydrogens is 326 g/mol. The molecule has 0 aromatic heterocycles. The average Bonchev–Trinajstić information content (AvgIpc) is 2.28. The van der Waals surface area contributed by atoms with Crippen LogP contribution in [0.1, 0.15) is 19.8 Å². The predicted molar refractivity (Wildman–Crippen MR) is 73.9 cm³/mol. The van der Waals surface area contributed by atoms with Crippen molar-refractivity contribution in [2.24, 2.45) is 0 Å². The van der Waals surface area contributed by atoms with Gasteiger partial charge >= 0.3 is 0 Å². The Morgan fingerprint density at radius 1 is 1.41 bits per heavy atom. The van der Waals surface area contributed by atoms with Gasteiger partial charge in [0.05, 0.1) is 4.90 Å². The Morgan fingerprint density at radius 2 is 2.06 bits per heavy atom. The highest BCUT2D eigenvalue weighted by Crippen LogP contribution is 2.20. The van der Waals surface area contributed by atoms with Crippen LogP contribution in [0.25, 0.3) is 0 Å². The molecule has 1 aromatic rings. The molecule has 0 fully saturated rings. The summed E-state index contributed by atoms with van der Waals surface area (Å²) < 4.78 is 27.0. The molecule has 0 amide bonds. The van der Waals surface area contributed by atoms with E-state index in [1.807, 2.05) is 6.92 Å². The third kappa shape index (κ3) is 4.58. The van der Waals surface area contributed by atoms with E-state index >= 15 is 0 Å². The summed E-state index contributed by atoms with van der Waals surface area (Å²) in [6, 6.07) is 6.72. The molecule has 0 spiro atoms. The van der Waals surface area contributed by atoms with Crippen molar-refractivity contribution in [1.29, 1.82) is 0 Å². The average molecular weight is 341 g/mol. The zero-order chi connectivity index (χ0) is 12.9. The molecule has 1 unspecified atom stereocenters. The van der Waals surface area contributed by atoms with Gasteiger partial charge in [-0.25, -0.2) is 13.1 Å². The normalized spacial score (nSPS) is 13.6. The van der Waals surface area contributed by atoms with E-state index in [9.17, 15) is 8.42 Å². The first-order valence-corrected chi connectivity index (χ1v) is 8.07. The molecule has 1 N–H and O–H groups in total. The highest BCUT2D eigenvalue weighted by atomic mass is 79.9. The molecule has 6 heteroatoms. The van der Waals surface area contributed by atoms with Crippen molar-refractivity contribution in [3.63, 3.8) is 0 Å². The predicted octanol–water partition coefficient (Wildman–Crippen LogP) is 3.13. The van der Waals surface area contributed by atoms with Gasteiger partial charge in [-0.15, -0.1) is 11.6 Å². The highest BCUT2D eigenvalue weighted by molar-refractivity contribution is 9.10. The van der Waals surface area contributed by atoms with E-state index in [4.69, 9.17) is 11.6 Å². The molecule has 96 valence electrons. The van der Waals surface area contributed by atoms with Gasteiger partial charge in [0, 0.05) is 16.4 Å². The molecule has 17 heavy (non-hydrogen) atoms. The first kappa shape index (κ1) is 15.0. The first-order valence-electron chi connectivity index (χ1n) is 5.35. The maximum atomic E-state index is 11.9. The van der Waals surface area contributed by atoms with Gasteiger partial charge in [0.25, 0.3) is 0 Å². The Labute approximate surface area is 116 Å². The van der Waals surface area contributed by atoms with Crippen LogP contribution in [0.15, 0.2) is 33.6 Å². The smallest absolute Gasteiger partial charge is 0.211 e. The quantitative estimate of drug-likeness (QED) is 0.809. The molecule has 0 heterocycles. The van der Waals surface area contributed by atoms with E-state index in [1.54, 1.807) is 24.3 Å². The summed E-state index contributed by atoms with van der Waals surface area (Å²) in [7, 11) is -3.45. The number of alkyl halides is 1. The summed E-state index contributed by atoms with van der Waals surface area (Å²) in [6.07, 6.45) is 1.46. The minimum atomic E-state index is -3.45. The Morgan fingerprint density at radius 3 is 2.65 bits per heavy atom. The molecule has 0 aliphatic carbocycles. The number of hydrogen-bond acceptors (Lipinski definition) is 2. The summed E-state index contributed by atoms with van der Waals surface area (Å²) in [5.41, 5.74) is 0. The molecule has 0 aliphatic heterocycles. The fraction of sp³-hybridized carbons (Fsp3) is 0.455. The SMILES string of the molecule is CCC(Cl)CCNS(=O)(=O)c1ccccc1Br. The van der Waals surface area contributed by atoms with Crippen molar-refractivity contribution in [3.8, 4) is 0 Å². The van der Waals surface area contributed by atoms with Crippen molar-refractivity contribution >= 4 is 37.6 Å². The Balaban J connectivity index is 2.67. The summed E-state index contributed by atoms with van der Waals surface area (Å²) in [6.45, 7) is 2.33. The van der Waals surface area contributed by atoms with Crippen molar-refractivity contribution in [3.05, 3.63) is 28.7 Å². The number of rotatable bonds is 6. The van der Waals surface area contributed by atoms with Crippen LogP contribution >= 0.6 is 27.5 Å². The van der Waals surface area contributed by atoms with Gasteiger partial charge in [0.1, 0.15) is 0 Å². The van der Waals surface area contributed by atoms with Crippen molar-refractivity contribution in [2.75, 3.05) is 6.54 Å². The summed E-state index contributed by atoms with van der Waals surface area (Å²) in [5, 5.41) is 0.0110. The maximum Gasteiger partial charge on any atom is 0.241 e. The monoisotopic (exact) mass is 339 g/mol. The number of benzene rings is 1. The Kier molecular flexibility index (Phi) is 5.92. The van der Waals surface area contributed by atoms with E-state index in [2.05, 4.69) is 20.7 Å². The molecule has 0 radical (unpaired) electrons.